The third-order valence-electron chi connectivity index (χ3n) is 2.74. The van der Waals surface area contributed by atoms with E-state index in [0.717, 1.165) is 0 Å². The van der Waals surface area contributed by atoms with E-state index in [4.69, 9.17) is 5.11 Å². The van der Waals surface area contributed by atoms with Crippen LogP contribution in [0.2, 0.25) is 0 Å². The maximum atomic E-state index is 11.8. The molecule has 0 atom stereocenters. The van der Waals surface area contributed by atoms with Crippen LogP contribution >= 0.6 is 11.3 Å². The number of aromatic nitrogens is 2. The van der Waals surface area contributed by atoms with Gasteiger partial charge in [0.1, 0.15) is 10.7 Å². The van der Waals surface area contributed by atoms with Gasteiger partial charge in [0.05, 0.1) is 10.9 Å². The number of nitrogens with zero attached hydrogens (tertiary/aromatic N) is 1. The number of aromatic amines is 1. The first-order valence-corrected chi connectivity index (χ1v) is 6.34. The van der Waals surface area contributed by atoms with Crippen LogP contribution in [0.5, 0.6) is 0 Å². The molecule has 0 aliphatic rings. The molecule has 0 amide bonds. The molecule has 2 N–H and O–H groups in total. The Hall–Kier alpha value is -2.47. The lowest BCUT2D eigenvalue weighted by molar-refractivity contribution is 0.0697. The third-order valence-corrected chi connectivity index (χ3v) is 3.55. The summed E-state index contributed by atoms with van der Waals surface area (Å²) in [4.78, 5) is 30.3. The average molecular weight is 272 g/mol. The number of thiophene rings is 1. The molecule has 0 fully saturated rings. The summed E-state index contributed by atoms with van der Waals surface area (Å²) in [6.07, 6.45) is 0. The fourth-order valence-corrected chi connectivity index (χ4v) is 2.54. The van der Waals surface area contributed by atoms with Gasteiger partial charge in [-0.2, -0.15) is 0 Å². The molecule has 0 radical (unpaired) electrons. The third kappa shape index (κ3) is 2.02. The normalized spacial score (nSPS) is 10.7. The van der Waals surface area contributed by atoms with Gasteiger partial charge >= 0.3 is 5.97 Å². The molecule has 3 rings (SSSR count). The molecule has 5 nitrogen and oxygen atoms in total. The minimum Gasteiger partial charge on any atom is -0.478 e. The summed E-state index contributed by atoms with van der Waals surface area (Å²) in [5, 5.41) is 11.2. The lowest BCUT2D eigenvalue weighted by atomic mass is 10.1. The Kier molecular flexibility index (Phi) is 2.64. The second-order valence-corrected chi connectivity index (χ2v) is 4.83. The number of hydrogen-bond acceptors (Lipinski definition) is 4. The van der Waals surface area contributed by atoms with Crippen molar-refractivity contribution in [3.8, 4) is 11.4 Å². The van der Waals surface area contributed by atoms with Crippen molar-refractivity contribution in [2.75, 3.05) is 0 Å². The largest absolute Gasteiger partial charge is 0.478 e. The number of rotatable bonds is 2. The van der Waals surface area contributed by atoms with E-state index in [1.54, 1.807) is 18.2 Å². The molecule has 0 aliphatic heterocycles. The number of aromatic carboxylic acids is 1. The van der Waals surface area contributed by atoms with Crippen LogP contribution in [0.15, 0.2) is 40.5 Å². The van der Waals surface area contributed by atoms with Gasteiger partial charge in [0.25, 0.3) is 5.56 Å². The van der Waals surface area contributed by atoms with Crippen LogP contribution in [0.4, 0.5) is 0 Å². The van der Waals surface area contributed by atoms with Crippen LogP contribution in [0.3, 0.4) is 0 Å². The van der Waals surface area contributed by atoms with Crippen LogP contribution in [0.1, 0.15) is 10.4 Å². The van der Waals surface area contributed by atoms with Gasteiger partial charge in [-0.25, -0.2) is 9.78 Å². The zero-order valence-corrected chi connectivity index (χ0v) is 10.4. The first-order valence-electron chi connectivity index (χ1n) is 5.46. The second kappa shape index (κ2) is 4.33. The number of hydrogen-bond donors (Lipinski definition) is 2. The van der Waals surface area contributed by atoms with E-state index < -0.39 is 5.97 Å². The van der Waals surface area contributed by atoms with Gasteiger partial charge in [0.15, 0.2) is 0 Å². The highest BCUT2D eigenvalue weighted by Crippen LogP contribution is 2.19. The molecule has 2 heterocycles. The number of benzene rings is 1. The lowest BCUT2D eigenvalue weighted by Gasteiger charge is -2.01. The first kappa shape index (κ1) is 11.6. The van der Waals surface area contributed by atoms with E-state index in [1.165, 1.54) is 23.5 Å². The predicted molar refractivity (Wildman–Crippen MR) is 72.6 cm³/mol. The molecule has 0 aliphatic carbocycles. The number of fused-ring (bicyclic) bond motifs is 1. The van der Waals surface area contributed by atoms with Gasteiger partial charge in [-0.05, 0) is 23.6 Å². The van der Waals surface area contributed by atoms with Crippen molar-refractivity contribution >= 4 is 27.5 Å². The Morgan fingerprint density at radius 1 is 1.21 bits per heavy atom. The number of carbonyl (C=O) groups is 1. The molecule has 2 aromatic heterocycles. The Morgan fingerprint density at radius 3 is 2.63 bits per heavy atom. The van der Waals surface area contributed by atoms with Gasteiger partial charge in [-0.1, -0.05) is 12.1 Å². The summed E-state index contributed by atoms with van der Waals surface area (Å²) in [5.41, 5.74) is 0.684. The van der Waals surface area contributed by atoms with Crippen molar-refractivity contribution in [3.05, 3.63) is 51.6 Å². The Labute approximate surface area is 111 Å². The maximum absolute atomic E-state index is 11.8. The smallest absolute Gasteiger partial charge is 0.335 e. The van der Waals surface area contributed by atoms with E-state index in [0.29, 0.717) is 21.6 Å². The molecule has 19 heavy (non-hydrogen) atoms. The van der Waals surface area contributed by atoms with Crippen molar-refractivity contribution in [1.82, 2.24) is 9.97 Å². The summed E-state index contributed by atoms with van der Waals surface area (Å²) < 4.78 is 0. The zero-order valence-electron chi connectivity index (χ0n) is 9.58. The standard InChI is InChI=1S/C13H8N2O3S/c16-11-9-5-6-19-12(9)15-10(14-11)7-1-3-8(4-2-7)13(17)18/h1-6H,(H,17,18)(H,14,15,16). The minimum absolute atomic E-state index is 0.191. The van der Waals surface area contributed by atoms with Crippen LogP contribution in [0, 0.1) is 0 Å². The first-order chi connectivity index (χ1) is 9.15. The molecular weight excluding hydrogens is 264 g/mol. The Balaban J connectivity index is 2.13. The van der Waals surface area contributed by atoms with Crippen molar-refractivity contribution < 1.29 is 9.90 Å². The van der Waals surface area contributed by atoms with Crippen LogP contribution in [-0.2, 0) is 0 Å². The molecule has 94 valence electrons. The molecule has 0 saturated carbocycles. The fraction of sp³-hybridized carbons (Fsp3) is 0. The summed E-state index contributed by atoms with van der Waals surface area (Å²) in [6.45, 7) is 0. The number of nitrogens with one attached hydrogen (secondary N) is 1. The van der Waals surface area contributed by atoms with E-state index in [9.17, 15) is 9.59 Å². The monoisotopic (exact) mass is 272 g/mol. The molecule has 0 spiro atoms. The quantitative estimate of drug-likeness (QED) is 0.750. The SMILES string of the molecule is O=C(O)c1ccc(-c2nc3sccc3c(=O)[nH]2)cc1. The second-order valence-electron chi connectivity index (χ2n) is 3.94. The highest BCUT2D eigenvalue weighted by Gasteiger charge is 2.08. The van der Waals surface area contributed by atoms with E-state index in [1.807, 2.05) is 5.38 Å². The molecule has 3 aromatic rings. The Bertz CT molecular complexity index is 818. The molecule has 1 aromatic carbocycles. The van der Waals surface area contributed by atoms with E-state index in [2.05, 4.69) is 9.97 Å². The van der Waals surface area contributed by atoms with E-state index in [-0.39, 0.29) is 11.1 Å². The lowest BCUT2D eigenvalue weighted by Crippen LogP contribution is -2.08. The average Bonchev–Trinajstić information content (AvgIpc) is 2.87. The van der Waals surface area contributed by atoms with Gasteiger partial charge < -0.3 is 10.1 Å². The summed E-state index contributed by atoms with van der Waals surface area (Å²) in [6, 6.07) is 7.94. The van der Waals surface area contributed by atoms with Gasteiger partial charge in [-0.3, -0.25) is 4.79 Å². The fourth-order valence-electron chi connectivity index (χ4n) is 1.77. The Morgan fingerprint density at radius 2 is 1.95 bits per heavy atom. The summed E-state index contributed by atoms with van der Waals surface area (Å²) >= 11 is 1.39. The van der Waals surface area contributed by atoms with Gasteiger partial charge in [0.2, 0.25) is 0 Å². The highest BCUT2D eigenvalue weighted by atomic mass is 32.1. The highest BCUT2D eigenvalue weighted by molar-refractivity contribution is 7.16. The van der Waals surface area contributed by atoms with E-state index >= 15 is 0 Å². The van der Waals surface area contributed by atoms with Crippen molar-refractivity contribution in [3.63, 3.8) is 0 Å². The topological polar surface area (TPSA) is 83.0 Å². The summed E-state index contributed by atoms with van der Waals surface area (Å²) in [7, 11) is 0. The molecule has 0 saturated heterocycles. The number of carboxylic acids is 1. The molecule has 0 unspecified atom stereocenters. The summed E-state index contributed by atoms with van der Waals surface area (Å²) in [5.74, 6) is -0.543. The van der Waals surface area contributed by atoms with Crippen molar-refractivity contribution in [1.29, 1.82) is 0 Å². The van der Waals surface area contributed by atoms with Crippen LogP contribution in [0.25, 0.3) is 21.6 Å². The maximum Gasteiger partial charge on any atom is 0.335 e. The zero-order chi connectivity index (χ0) is 13.4. The van der Waals surface area contributed by atoms with Crippen LogP contribution < -0.4 is 5.56 Å². The minimum atomic E-state index is -0.985. The molecule has 0 bridgehead atoms. The van der Waals surface area contributed by atoms with Crippen molar-refractivity contribution in [2.24, 2.45) is 0 Å². The molecular formula is C13H8N2O3S. The number of carboxylic acid groups (broad SMARTS) is 1. The number of H-pyrrole nitrogens is 1. The van der Waals surface area contributed by atoms with Crippen LogP contribution in [-0.4, -0.2) is 21.0 Å². The molecule has 6 heteroatoms. The van der Waals surface area contributed by atoms with Gasteiger partial charge in [-0.15, -0.1) is 11.3 Å². The predicted octanol–water partition coefficient (Wildman–Crippen LogP) is 2.35. The van der Waals surface area contributed by atoms with Crippen molar-refractivity contribution in [2.45, 2.75) is 0 Å². The van der Waals surface area contributed by atoms with Gasteiger partial charge in [0, 0.05) is 5.56 Å².